The molecule has 0 unspecified atom stereocenters. The number of hydrogen-bond acceptors (Lipinski definition) is 8. The Labute approximate surface area is 169 Å². The zero-order chi connectivity index (χ0) is 22.6. The second-order valence-corrected chi connectivity index (χ2v) is 7.51. The van der Waals surface area contributed by atoms with Gasteiger partial charge in [-0.15, -0.1) is 0 Å². The number of aromatic hydroxyl groups is 1. The number of alkyl halides is 3. The number of nitrogens with one attached hydrogen (secondary N) is 1. The number of nitro groups is 1. The average molecular weight is 460 g/mol. The van der Waals surface area contributed by atoms with Gasteiger partial charge in [0.05, 0.1) is 11.3 Å². The summed E-state index contributed by atoms with van der Waals surface area (Å²) in [5.74, 6) is -3.51. The van der Waals surface area contributed by atoms with E-state index in [0.29, 0.717) is 18.1 Å². The molecule has 162 valence electrons. The number of nitro benzene ring substituents is 1. The zero-order valence-electron chi connectivity index (χ0n) is 14.3. The van der Waals surface area contributed by atoms with Crippen molar-refractivity contribution in [2.75, 3.05) is 18.1 Å². The van der Waals surface area contributed by atoms with Gasteiger partial charge < -0.3 is 20.6 Å². The number of carbonyl (C=O) groups excluding carboxylic acids is 1. The van der Waals surface area contributed by atoms with E-state index in [1.54, 1.807) is 0 Å². The molecule has 0 aromatic heterocycles. The predicted molar refractivity (Wildman–Crippen MR) is 98.0 cm³/mol. The maximum absolute atomic E-state index is 11.8. The van der Waals surface area contributed by atoms with E-state index in [1.807, 2.05) is 0 Å². The highest BCUT2D eigenvalue weighted by Crippen LogP contribution is 2.26. The van der Waals surface area contributed by atoms with E-state index < -0.39 is 40.4 Å². The highest BCUT2D eigenvalue weighted by Gasteiger charge is 2.38. The summed E-state index contributed by atoms with van der Waals surface area (Å²) in [6, 6.07) is 3.41. The molecule has 0 aliphatic rings. The zero-order valence-corrected chi connectivity index (χ0v) is 16.0. The fourth-order valence-corrected chi connectivity index (χ4v) is 3.25. The minimum absolute atomic E-state index is 0.0845. The standard InChI is InChI=1S/C12H14N2O6S2.C2HF3O2/c15-10-2-1-8(7-9(10)14(19)20)12(18)13-4-6-22-21-5-3-11(16)17;3-2(4,5)1(6)7/h1-2,7,15H,3-6H2,(H,13,18)(H,16,17);(H,6,7). The van der Waals surface area contributed by atoms with Gasteiger partial charge in [0, 0.05) is 29.7 Å². The lowest BCUT2D eigenvalue weighted by molar-refractivity contribution is -0.385. The van der Waals surface area contributed by atoms with Crippen LogP contribution < -0.4 is 5.32 Å². The summed E-state index contributed by atoms with van der Waals surface area (Å²) in [5, 5.41) is 38.1. The molecule has 0 atom stereocenters. The quantitative estimate of drug-likeness (QED) is 0.186. The minimum atomic E-state index is -5.08. The molecule has 29 heavy (non-hydrogen) atoms. The van der Waals surface area contributed by atoms with Crippen LogP contribution in [0.25, 0.3) is 0 Å². The molecule has 10 nitrogen and oxygen atoms in total. The number of carboxylic acids is 2. The number of carbonyl (C=O) groups is 3. The highest BCUT2D eigenvalue weighted by atomic mass is 33.1. The molecule has 1 aromatic carbocycles. The first-order valence-corrected chi connectivity index (χ1v) is 9.87. The smallest absolute Gasteiger partial charge is 0.490 e. The van der Waals surface area contributed by atoms with Gasteiger partial charge >= 0.3 is 23.8 Å². The molecule has 1 amide bonds. The lowest BCUT2D eigenvalue weighted by atomic mass is 10.2. The van der Waals surface area contributed by atoms with Crippen molar-refractivity contribution in [1.29, 1.82) is 0 Å². The maximum Gasteiger partial charge on any atom is 0.490 e. The minimum Gasteiger partial charge on any atom is -0.502 e. The van der Waals surface area contributed by atoms with Gasteiger partial charge in [-0.25, -0.2) is 4.79 Å². The first kappa shape index (κ1) is 26.3. The Morgan fingerprint density at radius 3 is 2.17 bits per heavy atom. The molecule has 15 heteroatoms. The number of phenols is 1. The van der Waals surface area contributed by atoms with E-state index >= 15 is 0 Å². The van der Waals surface area contributed by atoms with Crippen molar-refractivity contribution >= 4 is 45.1 Å². The van der Waals surface area contributed by atoms with Crippen molar-refractivity contribution < 1.29 is 47.8 Å². The summed E-state index contributed by atoms with van der Waals surface area (Å²) in [5.41, 5.74) is -0.431. The first-order valence-electron chi connectivity index (χ1n) is 7.38. The summed E-state index contributed by atoms with van der Waals surface area (Å²) in [7, 11) is 2.83. The van der Waals surface area contributed by atoms with Crippen LogP contribution in [0.2, 0.25) is 0 Å². The molecular weight excluding hydrogens is 445 g/mol. The van der Waals surface area contributed by atoms with Gasteiger partial charge in [-0.1, -0.05) is 21.6 Å². The molecule has 0 radical (unpaired) electrons. The Bertz CT molecular complexity index is 746. The van der Waals surface area contributed by atoms with Gasteiger partial charge in [0.25, 0.3) is 5.91 Å². The topological polar surface area (TPSA) is 167 Å². The monoisotopic (exact) mass is 460 g/mol. The third-order valence-electron chi connectivity index (χ3n) is 2.63. The lowest BCUT2D eigenvalue weighted by Crippen LogP contribution is -2.25. The number of benzene rings is 1. The van der Waals surface area contributed by atoms with E-state index in [1.165, 1.54) is 27.7 Å². The number of nitrogens with zero attached hydrogens (tertiary/aromatic N) is 1. The van der Waals surface area contributed by atoms with Gasteiger partial charge in [0.1, 0.15) is 0 Å². The van der Waals surface area contributed by atoms with Crippen molar-refractivity contribution in [3.05, 3.63) is 33.9 Å². The molecule has 0 bridgehead atoms. The van der Waals surface area contributed by atoms with Gasteiger partial charge in [0.2, 0.25) is 0 Å². The fourth-order valence-electron chi connectivity index (χ4n) is 1.37. The number of hydrogen-bond donors (Lipinski definition) is 4. The molecular formula is C14H15F3N2O8S2. The fraction of sp³-hybridized carbons (Fsp3) is 0.357. The molecule has 0 aliphatic heterocycles. The van der Waals surface area contributed by atoms with Gasteiger partial charge in [-0.2, -0.15) is 13.2 Å². The molecule has 4 N–H and O–H groups in total. The van der Waals surface area contributed by atoms with Crippen LogP contribution in [0, 0.1) is 10.1 Å². The largest absolute Gasteiger partial charge is 0.502 e. The Morgan fingerprint density at radius 2 is 1.69 bits per heavy atom. The van der Waals surface area contributed by atoms with Crippen molar-refractivity contribution in [3.63, 3.8) is 0 Å². The van der Waals surface area contributed by atoms with Crippen molar-refractivity contribution in [2.24, 2.45) is 0 Å². The van der Waals surface area contributed by atoms with E-state index in [4.69, 9.17) is 15.0 Å². The molecule has 0 fully saturated rings. The number of carboxylic acid groups (broad SMARTS) is 2. The lowest BCUT2D eigenvalue weighted by Gasteiger charge is -2.05. The summed E-state index contributed by atoms with van der Waals surface area (Å²) >= 11 is 0. The maximum atomic E-state index is 11.8. The van der Waals surface area contributed by atoms with Crippen LogP contribution >= 0.6 is 21.6 Å². The second kappa shape index (κ2) is 12.7. The molecule has 0 aliphatic carbocycles. The summed E-state index contributed by atoms with van der Waals surface area (Å²) in [6.45, 7) is 0.345. The number of halogens is 3. The van der Waals surface area contributed by atoms with E-state index in [2.05, 4.69) is 5.32 Å². The molecule has 1 aromatic rings. The molecule has 1 rings (SSSR count). The normalized spacial score (nSPS) is 10.4. The van der Waals surface area contributed by atoms with Gasteiger partial charge in [-0.05, 0) is 12.1 Å². The predicted octanol–water partition coefficient (Wildman–Crippen LogP) is 2.52. The number of amides is 1. The molecule has 0 spiro atoms. The van der Waals surface area contributed by atoms with Crippen LogP contribution in [0.15, 0.2) is 18.2 Å². The Morgan fingerprint density at radius 1 is 1.14 bits per heavy atom. The van der Waals surface area contributed by atoms with Gasteiger partial charge in [-0.3, -0.25) is 19.7 Å². The number of phenolic OH excluding ortho intramolecular Hbond substituents is 1. The van der Waals surface area contributed by atoms with Crippen LogP contribution in [-0.2, 0) is 9.59 Å². The van der Waals surface area contributed by atoms with Crippen molar-refractivity contribution in [1.82, 2.24) is 5.32 Å². The third-order valence-corrected chi connectivity index (χ3v) is 5.04. The third kappa shape index (κ3) is 11.7. The van der Waals surface area contributed by atoms with E-state index in [9.17, 15) is 38.0 Å². The van der Waals surface area contributed by atoms with Gasteiger partial charge in [0.15, 0.2) is 5.75 Å². The molecule has 0 heterocycles. The molecule has 0 saturated carbocycles. The van der Waals surface area contributed by atoms with Crippen molar-refractivity contribution in [2.45, 2.75) is 12.6 Å². The Balaban J connectivity index is 0.000000956. The molecule has 0 saturated heterocycles. The van der Waals surface area contributed by atoms with Crippen LogP contribution in [0.5, 0.6) is 5.75 Å². The second-order valence-electron chi connectivity index (χ2n) is 4.81. The Kier molecular flexibility index (Phi) is 11.5. The number of rotatable bonds is 9. The van der Waals surface area contributed by atoms with E-state index in [0.717, 1.165) is 12.1 Å². The summed E-state index contributed by atoms with van der Waals surface area (Å²) < 4.78 is 31.7. The van der Waals surface area contributed by atoms with E-state index in [-0.39, 0.29) is 12.0 Å². The summed E-state index contributed by atoms with van der Waals surface area (Å²) in [6.07, 6.45) is -5.00. The van der Waals surface area contributed by atoms with Crippen LogP contribution in [0.4, 0.5) is 18.9 Å². The van der Waals surface area contributed by atoms with Crippen LogP contribution in [-0.4, -0.2) is 62.3 Å². The Hall–Kier alpha value is -2.68. The summed E-state index contributed by atoms with van der Waals surface area (Å²) in [4.78, 5) is 40.9. The SMILES string of the molecule is O=C(O)C(F)(F)F.O=C(O)CCSSCCNC(=O)c1ccc(O)c([N+](=O)[O-])c1. The number of aliphatic carboxylic acids is 2. The van der Waals surface area contributed by atoms with Crippen molar-refractivity contribution in [3.8, 4) is 5.75 Å². The van der Waals surface area contributed by atoms with Crippen LogP contribution in [0.3, 0.4) is 0 Å². The first-order chi connectivity index (χ1) is 13.4. The highest BCUT2D eigenvalue weighted by molar-refractivity contribution is 8.76. The average Bonchev–Trinajstić information content (AvgIpc) is 2.60. The van der Waals surface area contributed by atoms with Crippen LogP contribution in [0.1, 0.15) is 16.8 Å².